The van der Waals surface area contributed by atoms with E-state index in [1.54, 1.807) is 0 Å². The van der Waals surface area contributed by atoms with Crippen LogP contribution in [0.15, 0.2) is 42.5 Å². The average Bonchev–Trinajstić information content (AvgIpc) is 2.71. The van der Waals surface area contributed by atoms with Gasteiger partial charge in [-0.2, -0.15) is 0 Å². The van der Waals surface area contributed by atoms with E-state index in [0.29, 0.717) is 24.7 Å². The highest BCUT2D eigenvalue weighted by molar-refractivity contribution is 5.99. The maximum Gasteiger partial charge on any atom is 0.338 e. The molecule has 0 amide bonds. The molecule has 0 saturated carbocycles. The van der Waals surface area contributed by atoms with Crippen LogP contribution in [0.25, 0.3) is 0 Å². The van der Waals surface area contributed by atoms with Gasteiger partial charge in [-0.05, 0) is 43.0 Å². The van der Waals surface area contributed by atoms with E-state index < -0.39 is 29.1 Å². The molecular formula is C21H21FN2O5. The first kappa shape index (κ1) is 20.4. The molecule has 2 aromatic carbocycles. The lowest BCUT2D eigenvalue weighted by molar-refractivity contribution is -0.384. The fraction of sp³-hybridized carbons (Fsp3) is 0.333. The van der Waals surface area contributed by atoms with Crippen LogP contribution in [0.3, 0.4) is 0 Å². The minimum atomic E-state index is -0.878. The van der Waals surface area contributed by atoms with Gasteiger partial charge in [0, 0.05) is 19.2 Å². The first-order valence-corrected chi connectivity index (χ1v) is 9.35. The van der Waals surface area contributed by atoms with Crippen molar-refractivity contribution < 1.29 is 23.6 Å². The molecule has 1 atom stereocenters. The molecule has 29 heavy (non-hydrogen) atoms. The average molecular weight is 400 g/mol. The lowest BCUT2D eigenvalue weighted by Gasteiger charge is -2.32. The molecule has 8 heteroatoms. The molecule has 0 radical (unpaired) electrons. The molecule has 1 aliphatic rings. The molecule has 152 valence electrons. The van der Waals surface area contributed by atoms with E-state index in [0.717, 1.165) is 25.0 Å². The van der Waals surface area contributed by atoms with E-state index in [-0.39, 0.29) is 16.8 Å². The van der Waals surface area contributed by atoms with E-state index in [2.05, 4.69) is 6.92 Å². The number of hydrogen-bond donors (Lipinski definition) is 0. The SMILES string of the molecule is C[C@@H]1CCCN(c2ccc(C(=O)OCC(=O)c3ccccc3F)cc2[N+](=O)[O-])C1. The largest absolute Gasteiger partial charge is 0.454 e. The van der Waals surface area contributed by atoms with Crippen LogP contribution < -0.4 is 4.90 Å². The number of piperidine rings is 1. The standard InChI is InChI=1S/C21H21FN2O5/c1-14-5-4-10-23(12-14)18-9-8-15(11-19(18)24(27)28)21(26)29-13-20(25)16-6-2-3-7-17(16)22/h2-3,6-9,11,14H,4-5,10,12-13H2,1H3/t14-/m1/s1. The van der Waals surface area contributed by atoms with Crippen molar-refractivity contribution in [1.82, 2.24) is 0 Å². The fourth-order valence-corrected chi connectivity index (χ4v) is 3.45. The van der Waals surface area contributed by atoms with Crippen molar-refractivity contribution >= 4 is 23.1 Å². The van der Waals surface area contributed by atoms with Crippen molar-refractivity contribution in [2.75, 3.05) is 24.6 Å². The van der Waals surface area contributed by atoms with Crippen molar-refractivity contribution in [2.45, 2.75) is 19.8 Å². The highest BCUT2D eigenvalue weighted by atomic mass is 19.1. The van der Waals surface area contributed by atoms with Gasteiger partial charge < -0.3 is 9.64 Å². The number of ether oxygens (including phenoxy) is 1. The number of nitrogens with zero attached hydrogens (tertiary/aromatic N) is 2. The highest BCUT2D eigenvalue weighted by Crippen LogP contribution is 2.32. The topological polar surface area (TPSA) is 89.8 Å². The van der Waals surface area contributed by atoms with Gasteiger partial charge in [-0.15, -0.1) is 0 Å². The minimum absolute atomic E-state index is 0.0353. The number of rotatable bonds is 6. The van der Waals surface area contributed by atoms with Crippen LogP contribution in [0.2, 0.25) is 0 Å². The van der Waals surface area contributed by atoms with Gasteiger partial charge in [0.15, 0.2) is 6.61 Å². The monoisotopic (exact) mass is 400 g/mol. The zero-order valence-corrected chi connectivity index (χ0v) is 16.0. The number of Topliss-reactive ketones (excluding diaryl/α,β-unsaturated/α-hetero) is 1. The molecule has 0 N–H and O–H groups in total. The number of nitro groups is 1. The fourth-order valence-electron chi connectivity index (χ4n) is 3.45. The van der Waals surface area contributed by atoms with Crippen LogP contribution in [0.5, 0.6) is 0 Å². The van der Waals surface area contributed by atoms with Crippen molar-refractivity contribution in [3.8, 4) is 0 Å². The Balaban J connectivity index is 1.74. The van der Waals surface area contributed by atoms with Gasteiger partial charge in [0.25, 0.3) is 5.69 Å². The second kappa shape index (κ2) is 8.81. The number of carbonyl (C=O) groups is 2. The summed E-state index contributed by atoms with van der Waals surface area (Å²) < 4.78 is 18.6. The summed E-state index contributed by atoms with van der Waals surface area (Å²) in [5, 5.41) is 11.5. The Labute approximate surface area is 167 Å². The summed E-state index contributed by atoms with van der Waals surface area (Å²) in [5.41, 5.74) is 0.0576. The van der Waals surface area contributed by atoms with Crippen LogP contribution in [0, 0.1) is 21.8 Å². The minimum Gasteiger partial charge on any atom is -0.454 e. The van der Waals surface area contributed by atoms with E-state index in [1.165, 1.54) is 30.3 Å². The molecule has 0 aromatic heterocycles. The Bertz CT molecular complexity index is 946. The van der Waals surface area contributed by atoms with Gasteiger partial charge in [0.05, 0.1) is 16.1 Å². The first-order chi connectivity index (χ1) is 13.9. The summed E-state index contributed by atoms with van der Waals surface area (Å²) in [6, 6.07) is 9.51. The predicted octanol–water partition coefficient (Wildman–Crippen LogP) is 4.01. The molecule has 7 nitrogen and oxygen atoms in total. The maximum atomic E-state index is 13.6. The summed E-state index contributed by atoms with van der Waals surface area (Å²) in [5.74, 6) is -1.84. The Kier molecular flexibility index (Phi) is 6.21. The molecule has 1 heterocycles. The van der Waals surface area contributed by atoms with Crippen LogP contribution in [-0.4, -0.2) is 36.4 Å². The summed E-state index contributed by atoms with van der Waals surface area (Å²) in [7, 11) is 0. The molecule has 0 bridgehead atoms. The third-order valence-electron chi connectivity index (χ3n) is 4.91. The zero-order chi connectivity index (χ0) is 21.0. The summed E-state index contributed by atoms with van der Waals surface area (Å²) in [6.07, 6.45) is 2.02. The summed E-state index contributed by atoms with van der Waals surface area (Å²) in [4.78, 5) is 37.3. The van der Waals surface area contributed by atoms with Gasteiger partial charge in [0.2, 0.25) is 5.78 Å². The molecule has 1 fully saturated rings. The van der Waals surface area contributed by atoms with Gasteiger partial charge in [0.1, 0.15) is 11.5 Å². The van der Waals surface area contributed by atoms with Crippen molar-refractivity contribution in [1.29, 1.82) is 0 Å². The van der Waals surface area contributed by atoms with E-state index in [1.807, 2.05) is 4.90 Å². The molecule has 0 aliphatic carbocycles. The maximum absolute atomic E-state index is 13.6. The summed E-state index contributed by atoms with van der Waals surface area (Å²) in [6.45, 7) is 2.86. The number of esters is 1. The number of carbonyl (C=O) groups excluding carboxylic acids is 2. The van der Waals surface area contributed by atoms with E-state index >= 15 is 0 Å². The number of benzene rings is 2. The number of nitro benzene ring substituents is 1. The second-order valence-corrected chi connectivity index (χ2v) is 7.13. The van der Waals surface area contributed by atoms with Crippen LogP contribution >= 0.6 is 0 Å². The van der Waals surface area contributed by atoms with Crippen LogP contribution in [-0.2, 0) is 4.74 Å². The van der Waals surface area contributed by atoms with Gasteiger partial charge in [-0.3, -0.25) is 14.9 Å². The molecule has 0 unspecified atom stereocenters. The molecule has 3 rings (SSSR count). The lowest BCUT2D eigenvalue weighted by atomic mass is 9.99. The van der Waals surface area contributed by atoms with Gasteiger partial charge in [-0.25, -0.2) is 9.18 Å². The lowest BCUT2D eigenvalue weighted by Crippen LogP contribution is -2.34. The zero-order valence-electron chi connectivity index (χ0n) is 16.0. The van der Waals surface area contributed by atoms with E-state index in [4.69, 9.17) is 4.74 Å². The normalized spacial score (nSPS) is 16.3. The van der Waals surface area contributed by atoms with Gasteiger partial charge >= 0.3 is 5.97 Å². The Morgan fingerprint density at radius 1 is 1.28 bits per heavy atom. The Morgan fingerprint density at radius 3 is 2.72 bits per heavy atom. The number of halogens is 1. The molecular weight excluding hydrogens is 379 g/mol. The smallest absolute Gasteiger partial charge is 0.338 e. The molecule has 0 spiro atoms. The third kappa shape index (κ3) is 4.77. The molecule has 1 aliphatic heterocycles. The van der Waals surface area contributed by atoms with Crippen LogP contribution in [0.4, 0.5) is 15.8 Å². The Hall–Kier alpha value is -3.29. The van der Waals surface area contributed by atoms with Crippen molar-refractivity contribution in [3.63, 3.8) is 0 Å². The quantitative estimate of drug-likeness (QED) is 0.315. The van der Waals surface area contributed by atoms with Gasteiger partial charge in [-0.1, -0.05) is 19.1 Å². The second-order valence-electron chi connectivity index (χ2n) is 7.13. The number of ketones is 1. The van der Waals surface area contributed by atoms with Crippen molar-refractivity contribution in [2.24, 2.45) is 5.92 Å². The molecule has 1 saturated heterocycles. The van der Waals surface area contributed by atoms with Crippen molar-refractivity contribution in [3.05, 3.63) is 69.5 Å². The number of hydrogen-bond acceptors (Lipinski definition) is 6. The first-order valence-electron chi connectivity index (χ1n) is 9.35. The highest BCUT2D eigenvalue weighted by Gasteiger charge is 2.25. The predicted molar refractivity (Wildman–Crippen MR) is 105 cm³/mol. The third-order valence-corrected chi connectivity index (χ3v) is 4.91. The molecule has 2 aromatic rings. The summed E-state index contributed by atoms with van der Waals surface area (Å²) >= 11 is 0. The number of anilines is 1. The van der Waals surface area contributed by atoms with Crippen LogP contribution in [0.1, 0.15) is 40.5 Å². The van der Waals surface area contributed by atoms with E-state index in [9.17, 15) is 24.1 Å². The Morgan fingerprint density at radius 2 is 2.03 bits per heavy atom.